The molecule has 3 N–H and O–H groups in total. The number of nitrogens with one attached hydrogen (secondary N) is 1. The lowest BCUT2D eigenvalue weighted by Gasteiger charge is -2.34. The van der Waals surface area contributed by atoms with Crippen molar-refractivity contribution in [2.75, 3.05) is 0 Å². The first-order chi connectivity index (χ1) is 15.5. The van der Waals surface area contributed by atoms with E-state index in [4.69, 9.17) is 9.79 Å². The Hall–Kier alpha value is -2.20. The number of hydrogen-bond acceptors (Lipinski definition) is 5. The number of rotatable bonds is 5. The number of hydrogen-bond donors (Lipinski definition) is 3. The summed E-state index contributed by atoms with van der Waals surface area (Å²) in [4.78, 5) is 57.2. The molecule has 2 aliphatic rings. The first kappa shape index (κ1) is 23.9. The fourth-order valence-corrected chi connectivity index (χ4v) is 6.00. The zero-order valence-corrected chi connectivity index (χ0v) is 19.2. The summed E-state index contributed by atoms with van der Waals surface area (Å²) in [7, 11) is -5.71. The molecule has 2 aromatic rings. The smallest absolute Gasteiger partial charge is 0.340 e. The Morgan fingerprint density at radius 1 is 1.18 bits per heavy atom. The zero-order chi connectivity index (χ0) is 24.0. The van der Waals surface area contributed by atoms with E-state index in [1.54, 1.807) is 4.90 Å². The number of halogens is 2. The molecule has 4 rings (SSSR count). The number of nitrogens with zero attached hydrogens (tertiary/aromatic N) is 1. The number of fused-ring (bicyclic) bond motifs is 2. The van der Waals surface area contributed by atoms with Crippen LogP contribution < -0.4 is 5.32 Å². The molecule has 2 amide bonds. The van der Waals surface area contributed by atoms with Gasteiger partial charge in [0.2, 0.25) is 5.91 Å². The van der Waals surface area contributed by atoms with Gasteiger partial charge >= 0.3 is 13.3 Å². The number of amides is 2. The van der Waals surface area contributed by atoms with Gasteiger partial charge in [-0.05, 0) is 49.3 Å². The predicted molar refractivity (Wildman–Crippen MR) is 117 cm³/mol. The lowest BCUT2D eigenvalue weighted by atomic mass is 9.99. The molecule has 1 aromatic heterocycles. The largest absolute Gasteiger partial charge is 0.399 e. The third-order valence-electron chi connectivity index (χ3n) is 6.29. The van der Waals surface area contributed by atoms with Crippen LogP contribution in [0.1, 0.15) is 53.8 Å². The van der Waals surface area contributed by atoms with E-state index >= 15 is 0 Å². The maximum atomic E-state index is 14.0. The van der Waals surface area contributed by atoms with Gasteiger partial charge in [-0.1, -0.05) is 18.9 Å². The van der Waals surface area contributed by atoms with Gasteiger partial charge < -0.3 is 24.8 Å². The van der Waals surface area contributed by atoms with E-state index in [1.807, 2.05) is 0 Å². The molecule has 8 nitrogen and oxygen atoms in total. The summed E-state index contributed by atoms with van der Waals surface area (Å²) in [6.45, 7) is 0. The maximum Gasteiger partial charge on any atom is 0.399 e. The molecule has 2 aliphatic heterocycles. The summed E-state index contributed by atoms with van der Waals surface area (Å²) in [6, 6.07) is 3.22. The molecule has 0 saturated carbocycles. The summed E-state index contributed by atoms with van der Waals surface area (Å²) in [5.74, 6) is -0.829. The molecule has 3 heterocycles. The third kappa shape index (κ3) is 4.47. The zero-order valence-electron chi connectivity index (χ0n) is 17.4. The summed E-state index contributed by atoms with van der Waals surface area (Å²) in [6.07, 6.45) is 5.03. The Kier molecular flexibility index (Phi) is 6.43. The molecule has 33 heavy (non-hydrogen) atoms. The number of benzene rings is 1. The minimum Gasteiger partial charge on any atom is -0.340 e. The molecule has 12 heteroatoms. The fraction of sp³-hybridized carbons (Fsp3) is 0.476. The predicted octanol–water partition coefficient (Wildman–Crippen LogP) is 3.36. The minimum atomic E-state index is -5.71. The van der Waals surface area contributed by atoms with E-state index in [0.29, 0.717) is 17.5 Å². The van der Waals surface area contributed by atoms with Crippen LogP contribution >= 0.6 is 18.9 Å². The van der Waals surface area contributed by atoms with Gasteiger partial charge in [0.05, 0.1) is 10.9 Å². The van der Waals surface area contributed by atoms with Gasteiger partial charge in [0.15, 0.2) is 0 Å². The highest BCUT2D eigenvalue weighted by molar-refractivity contribution is 7.52. The second-order valence-corrected chi connectivity index (χ2v) is 11.2. The van der Waals surface area contributed by atoms with Crippen molar-refractivity contribution in [3.05, 3.63) is 34.7 Å². The van der Waals surface area contributed by atoms with E-state index < -0.39 is 36.8 Å². The average Bonchev–Trinajstić information content (AvgIpc) is 3.36. The molecule has 178 valence electrons. The summed E-state index contributed by atoms with van der Waals surface area (Å²) in [5.41, 5.74) is -5.19. The summed E-state index contributed by atoms with van der Waals surface area (Å²) < 4.78 is 39.7. The number of thiophene rings is 1. The van der Waals surface area contributed by atoms with E-state index in [2.05, 4.69) is 5.32 Å². The highest BCUT2D eigenvalue weighted by Gasteiger charge is 2.50. The monoisotopic (exact) mass is 500 g/mol. The molecule has 0 bridgehead atoms. The molecule has 0 unspecified atom stereocenters. The fourth-order valence-electron chi connectivity index (χ4n) is 4.58. The molecule has 3 atom stereocenters. The third-order valence-corrected chi connectivity index (χ3v) is 8.40. The van der Waals surface area contributed by atoms with Gasteiger partial charge in [-0.25, -0.2) is 0 Å². The highest BCUT2D eigenvalue weighted by atomic mass is 32.1. The maximum absolute atomic E-state index is 14.0. The first-order valence-electron chi connectivity index (χ1n) is 10.6. The molecule has 1 aromatic carbocycles. The Balaban J connectivity index is 1.56. The van der Waals surface area contributed by atoms with Crippen LogP contribution in [0.3, 0.4) is 0 Å². The molecule has 2 saturated heterocycles. The molecule has 2 fully saturated rings. The van der Waals surface area contributed by atoms with Gasteiger partial charge in [0.1, 0.15) is 12.3 Å². The van der Waals surface area contributed by atoms with Crippen molar-refractivity contribution in [1.29, 1.82) is 0 Å². The van der Waals surface area contributed by atoms with Crippen LogP contribution in [-0.4, -0.2) is 50.9 Å². The first-order valence-corrected chi connectivity index (χ1v) is 13.0. The number of carbonyl (C=O) groups excluding carboxylic acids is 3. The van der Waals surface area contributed by atoms with Crippen molar-refractivity contribution < 1.29 is 37.5 Å². The van der Waals surface area contributed by atoms with Gasteiger partial charge in [-0.15, -0.1) is 11.3 Å². The second-order valence-electron chi connectivity index (χ2n) is 8.44. The van der Waals surface area contributed by atoms with Gasteiger partial charge in [-0.3, -0.25) is 14.2 Å². The van der Waals surface area contributed by atoms with Crippen molar-refractivity contribution in [3.8, 4) is 0 Å². The van der Waals surface area contributed by atoms with E-state index in [1.165, 1.54) is 12.1 Å². The molecular weight excluding hydrogens is 477 g/mol. The quantitative estimate of drug-likeness (QED) is 0.427. The van der Waals surface area contributed by atoms with E-state index in [-0.39, 0.29) is 22.2 Å². The number of aldehydes is 1. The molecule has 0 radical (unpaired) electrons. The van der Waals surface area contributed by atoms with Gasteiger partial charge in [-0.2, -0.15) is 8.78 Å². The van der Waals surface area contributed by atoms with Crippen molar-refractivity contribution >= 4 is 47.1 Å². The average molecular weight is 500 g/mol. The van der Waals surface area contributed by atoms with Gasteiger partial charge in [0.25, 0.3) is 5.91 Å². The molecule has 0 aliphatic carbocycles. The molecular formula is C21H23F2N2O6PS. The lowest BCUT2D eigenvalue weighted by Crippen LogP contribution is -2.53. The van der Waals surface area contributed by atoms with Crippen LogP contribution in [0.25, 0.3) is 10.1 Å². The number of alkyl halides is 2. The Labute approximate surface area is 192 Å². The van der Waals surface area contributed by atoms with Crippen molar-refractivity contribution in [2.24, 2.45) is 0 Å². The van der Waals surface area contributed by atoms with Crippen LogP contribution in [0, 0.1) is 0 Å². The normalized spacial score (nSPS) is 24.3. The van der Waals surface area contributed by atoms with Crippen LogP contribution in [0.15, 0.2) is 24.3 Å². The van der Waals surface area contributed by atoms with Crippen molar-refractivity contribution in [3.63, 3.8) is 0 Å². The van der Waals surface area contributed by atoms with Crippen LogP contribution in [-0.2, 0) is 19.8 Å². The van der Waals surface area contributed by atoms with Crippen LogP contribution in [0.2, 0.25) is 0 Å². The SMILES string of the molecule is O=C[C@@H]1CC[C@@H]2CCCC[C@H](NC(=O)c3cc4cc(C(F)(F)P(=O)(O)O)ccc4s3)C(=O)N21. The second kappa shape index (κ2) is 8.87. The van der Waals surface area contributed by atoms with Crippen LogP contribution in [0.4, 0.5) is 8.78 Å². The summed E-state index contributed by atoms with van der Waals surface area (Å²) in [5, 5.41) is 2.97. The van der Waals surface area contributed by atoms with Crippen LogP contribution in [0.5, 0.6) is 0 Å². The lowest BCUT2D eigenvalue weighted by molar-refractivity contribution is -0.139. The van der Waals surface area contributed by atoms with Crippen molar-refractivity contribution in [1.82, 2.24) is 10.2 Å². The standard InChI is InChI=1S/C21H23F2N2O6PS/c22-21(23,32(29,30)31)13-5-8-17-12(9-13)10-18(33-17)19(27)24-16-4-2-1-3-14-6-7-15(11-26)25(14)20(16)28/h5,8-11,14-16H,1-4,6-7H2,(H,24,27)(H2,29,30,31)/t14-,15-,16-/m0/s1. The Bertz CT molecular complexity index is 1150. The summed E-state index contributed by atoms with van der Waals surface area (Å²) >= 11 is 1.02. The van der Waals surface area contributed by atoms with Crippen molar-refractivity contribution in [2.45, 2.75) is 62.3 Å². The van der Waals surface area contributed by atoms with E-state index in [9.17, 15) is 27.7 Å². The highest BCUT2D eigenvalue weighted by Crippen LogP contribution is 2.59. The van der Waals surface area contributed by atoms with Gasteiger partial charge in [0, 0.05) is 16.3 Å². The Morgan fingerprint density at radius 3 is 2.61 bits per heavy atom. The number of carbonyl (C=O) groups is 3. The minimum absolute atomic E-state index is 0.00848. The topological polar surface area (TPSA) is 124 Å². The Morgan fingerprint density at radius 2 is 1.91 bits per heavy atom. The van der Waals surface area contributed by atoms with E-state index in [0.717, 1.165) is 55.4 Å². The molecule has 0 spiro atoms.